The van der Waals surface area contributed by atoms with Crippen LogP contribution in [0.25, 0.3) is 10.9 Å². The highest BCUT2D eigenvalue weighted by Gasteiger charge is 2.07. The van der Waals surface area contributed by atoms with E-state index >= 15 is 0 Å². The van der Waals surface area contributed by atoms with Gasteiger partial charge in [0, 0.05) is 12.1 Å². The lowest BCUT2D eigenvalue weighted by molar-refractivity contribution is 0.100. The molecule has 0 unspecified atom stereocenters. The molecule has 5 nitrogen and oxygen atoms in total. The summed E-state index contributed by atoms with van der Waals surface area (Å²) in [6.07, 6.45) is 0. The van der Waals surface area contributed by atoms with Crippen molar-refractivity contribution in [3.05, 3.63) is 38.9 Å². The second-order valence-corrected chi connectivity index (χ2v) is 3.99. The van der Waals surface area contributed by atoms with Crippen LogP contribution in [-0.2, 0) is 6.54 Å². The van der Waals surface area contributed by atoms with Crippen LogP contribution in [0.3, 0.4) is 0 Å². The van der Waals surface area contributed by atoms with Gasteiger partial charge in [-0.1, -0.05) is 0 Å². The summed E-state index contributed by atoms with van der Waals surface area (Å²) < 4.78 is 2.09. The fourth-order valence-corrected chi connectivity index (χ4v) is 2.08. The van der Waals surface area contributed by atoms with Crippen molar-refractivity contribution >= 4 is 29.0 Å². The highest BCUT2D eigenvalue weighted by Crippen LogP contribution is 2.12. The first-order chi connectivity index (χ1) is 8.04. The lowest BCUT2D eigenvalue weighted by Crippen LogP contribution is -2.16. The molecule has 17 heavy (non-hydrogen) atoms. The van der Waals surface area contributed by atoms with E-state index in [0.29, 0.717) is 27.8 Å². The number of amides is 1. The number of H-pyrrole nitrogens is 1. The van der Waals surface area contributed by atoms with Gasteiger partial charge in [0.1, 0.15) is 0 Å². The van der Waals surface area contributed by atoms with Gasteiger partial charge in [0.2, 0.25) is 5.91 Å². The van der Waals surface area contributed by atoms with Crippen molar-refractivity contribution in [1.29, 1.82) is 0 Å². The number of nitrogens with two attached hydrogens (primary N) is 1. The van der Waals surface area contributed by atoms with Gasteiger partial charge in [0.15, 0.2) is 4.77 Å². The summed E-state index contributed by atoms with van der Waals surface area (Å²) in [5.74, 6) is -0.527. The summed E-state index contributed by atoms with van der Waals surface area (Å²) in [5, 5.41) is 0.491. The maximum atomic E-state index is 11.7. The molecule has 0 saturated carbocycles. The maximum Gasteiger partial charge on any atom is 0.259 e. The minimum absolute atomic E-state index is 0.259. The molecule has 3 N–H and O–H groups in total. The van der Waals surface area contributed by atoms with E-state index in [1.54, 1.807) is 16.7 Å². The van der Waals surface area contributed by atoms with Crippen molar-refractivity contribution in [2.45, 2.75) is 13.5 Å². The topological polar surface area (TPSA) is 80.9 Å². The average Bonchev–Trinajstić information content (AvgIpc) is 2.28. The molecule has 0 saturated heterocycles. The van der Waals surface area contributed by atoms with Crippen LogP contribution < -0.4 is 11.3 Å². The molecular weight excluding hydrogens is 238 g/mol. The van der Waals surface area contributed by atoms with E-state index in [-0.39, 0.29) is 5.56 Å². The Bertz CT molecular complexity index is 715. The van der Waals surface area contributed by atoms with Gasteiger partial charge in [-0.25, -0.2) is 0 Å². The zero-order chi connectivity index (χ0) is 12.6. The molecule has 0 aliphatic heterocycles. The van der Waals surface area contributed by atoms with Gasteiger partial charge in [-0.2, -0.15) is 0 Å². The third kappa shape index (κ3) is 1.87. The van der Waals surface area contributed by atoms with Gasteiger partial charge in [0.25, 0.3) is 5.56 Å². The number of hydrogen-bond acceptors (Lipinski definition) is 3. The molecule has 1 aromatic carbocycles. The van der Waals surface area contributed by atoms with Crippen molar-refractivity contribution < 1.29 is 4.79 Å². The Morgan fingerprint density at radius 2 is 2.24 bits per heavy atom. The van der Waals surface area contributed by atoms with Crippen molar-refractivity contribution in [2.75, 3.05) is 0 Å². The van der Waals surface area contributed by atoms with Crippen LogP contribution in [0.1, 0.15) is 17.3 Å². The molecular formula is C11H11N3O2S. The predicted octanol–water partition coefficient (Wildman–Crippen LogP) is 1.18. The second-order valence-electron chi connectivity index (χ2n) is 3.60. The van der Waals surface area contributed by atoms with E-state index in [1.807, 2.05) is 6.92 Å². The monoisotopic (exact) mass is 249 g/mol. The number of benzene rings is 1. The molecule has 0 radical (unpaired) electrons. The molecule has 6 heteroatoms. The minimum atomic E-state index is -0.527. The van der Waals surface area contributed by atoms with Crippen LogP contribution in [0.5, 0.6) is 0 Å². The van der Waals surface area contributed by atoms with E-state index < -0.39 is 5.91 Å². The van der Waals surface area contributed by atoms with Crippen LogP contribution >= 0.6 is 12.2 Å². The molecule has 88 valence electrons. The fraction of sp³-hybridized carbons (Fsp3) is 0.182. The number of fused-ring (bicyclic) bond motifs is 1. The van der Waals surface area contributed by atoms with Gasteiger partial charge in [-0.15, -0.1) is 0 Å². The zero-order valence-corrected chi connectivity index (χ0v) is 10.0. The molecule has 1 amide bonds. The van der Waals surface area contributed by atoms with Gasteiger partial charge in [0.05, 0.1) is 10.9 Å². The number of aromatic nitrogens is 2. The number of rotatable bonds is 2. The molecule has 0 spiro atoms. The number of nitrogens with zero attached hydrogens (tertiary/aromatic N) is 1. The largest absolute Gasteiger partial charge is 0.366 e. The van der Waals surface area contributed by atoms with E-state index in [9.17, 15) is 9.59 Å². The minimum Gasteiger partial charge on any atom is -0.366 e. The first-order valence-corrected chi connectivity index (χ1v) is 5.52. The van der Waals surface area contributed by atoms with Crippen molar-refractivity contribution in [3.8, 4) is 0 Å². The second kappa shape index (κ2) is 4.14. The third-order valence-corrected chi connectivity index (χ3v) is 2.92. The number of aromatic amines is 1. The Labute approximate surface area is 102 Å². The van der Waals surface area contributed by atoms with Crippen LogP contribution in [0.2, 0.25) is 0 Å². The quantitative estimate of drug-likeness (QED) is 0.784. The summed E-state index contributed by atoms with van der Waals surface area (Å²) in [4.78, 5) is 25.4. The maximum absolute atomic E-state index is 11.7. The molecule has 0 aliphatic carbocycles. The lowest BCUT2D eigenvalue weighted by atomic mass is 10.1. The Hall–Kier alpha value is -1.95. The molecule has 1 aromatic heterocycles. The van der Waals surface area contributed by atoms with Gasteiger partial charge < -0.3 is 10.3 Å². The molecule has 0 bridgehead atoms. The van der Waals surface area contributed by atoms with Gasteiger partial charge >= 0.3 is 0 Å². The molecule has 0 aliphatic rings. The van der Waals surface area contributed by atoms with E-state index in [1.165, 1.54) is 6.07 Å². The number of nitrogens with one attached hydrogen (secondary N) is 1. The Morgan fingerprint density at radius 1 is 1.53 bits per heavy atom. The van der Waals surface area contributed by atoms with Crippen molar-refractivity contribution in [3.63, 3.8) is 0 Å². The van der Waals surface area contributed by atoms with E-state index in [2.05, 4.69) is 4.98 Å². The molecule has 2 rings (SSSR count). The van der Waals surface area contributed by atoms with Crippen LogP contribution in [0.15, 0.2) is 23.0 Å². The highest BCUT2D eigenvalue weighted by molar-refractivity contribution is 7.71. The molecule has 0 atom stereocenters. The Balaban J connectivity index is 2.96. The first kappa shape index (κ1) is 11.5. The summed E-state index contributed by atoms with van der Waals surface area (Å²) >= 11 is 5.07. The van der Waals surface area contributed by atoms with E-state index in [4.69, 9.17) is 18.0 Å². The zero-order valence-electron chi connectivity index (χ0n) is 9.19. The predicted molar refractivity (Wildman–Crippen MR) is 67.6 cm³/mol. The fourth-order valence-electron chi connectivity index (χ4n) is 1.76. The van der Waals surface area contributed by atoms with Crippen LogP contribution in [0.4, 0.5) is 0 Å². The smallest absolute Gasteiger partial charge is 0.259 e. The normalized spacial score (nSPS) is 10.6. The number of aryl methyl sites for hydroxylation is 1. The molecule has 2 aromatic rings. The summed E-state index contributed by atoms with van der Waals surface area (Å²) in [5.41, 5.74) is 5.94. The number of carbonyl (C=O) groups is 1. The van der Waals surface area contributed by atoms with E-state index in [0.717, 1.165) is 0 Å². The van der Waals surface area contributed by atoms with Crippen LogP contribution in [-0.4, -0.2) is 15.5 Å². The van der Waals surface area contributed by atoms with Gasteiger partial charge in [-0.3, -0.25) is 14.6 Å². The number of primary amides is 1. The lowest BCUT2D eigenvalue weighted by Gasteiger charge is -2.08. The van der Waals surface area contributed by atoms with Crippen molar-refractivity contribution in [2.24, 2.45) is 5.73 Å². The Morgan fingerprint density at radius 3 is 2.82 bits per heavy atom. The number of carbonyl (C=O) groups excluding carboxylic acids is 1. The first-order valence-electron chi connectivity index (χ1n) is 5.11. The van der Waals surface area contributed by atoms with Gasteiger partial charge in [-0.05, 0) is 37.3 Å². The van der Waals surface area contributed by atoms with Crippen molar-refractivity contribution in [1.82, 2.24) is 9.55 Å². The molecule has 0 fully saturated rings. The SMILES string of the molecule is CCn1c(=S)[nH]c(=O)c2ccc(C(N)=O)cc21. The standard InChI is InChI=1S/C11H11N3O2S/c1-2-14-8-5-6(9(12)15)3-4-7(8)10(16)13-11(14)17/h3-5H,2H2,1H3,(H2,12,15)(H,13,16,17). The average molecular weight is 249 g/mol. The molecule has 1 heterocycles. The van der Waals surface area contributed by atoms with Crippen LogP contribution in [0, 0.1) is 4.77 Å². The highest BCUT2D eigenvalue weighted by atomic mass is 32.1. The summed E-state index contributed by atoms with van der Waals surface area (Å²) in [6.45, 7) is 2.51. The third-order valence-electron chi connectivity index (χ3n) is 2.60. The summed E-state index contributed by atoms with van der Waals surface area (Å²) in [7, 11) is 0. The summed E-state index contributed by atoms with van der Waals surface area (Å²) in [6, 6.07) is 4.70. The number of hydrogen-bond donors (Lipinski definition) is 2. The Kier molecular flexibility index (Phi) is 2.81.